The van der Waals surface area contributed by atoms with Crippen LogP contribution in [0.15, 0.2) is 54.6 Å². The predicted octanol–water partition coefficient (Wildman–Crippen LogP) is 3.88. The second kappa shape index (κ2) is 6.71. The Morgan fingerprint density at radius 1 is 1.04 bits per heavy atom. The summed E-state index contributed by atoms with van der Waals surface area (Å²) in [7, 11) is 0. The van der Waals surface area contributed by atoms with Crippen molar-refractivity contribution in [2.45, 2.75) is 31.2 Å². The van der Waals surface area contributed by atoms with E-state index in [0.29, 0.717) is 11.0 Å². The van der Waals surface area contributed by atoms with E-state index in [1.807, 2.05) is 54.6 Å². The van der Waals surface area contributed by atoms with Crippen molar-refractivity contribution in [3.05, 3.63) is 60.2 Å². The van der Waals surface area contributed by atoms with Crippen molar-refractivity contribution >= 4 is 6.03 Å². The molecule has 2 unspecified atom stereocenters. The van der Waals surface area contributed by atoms with Gasteiger partial charge in [-0.15, -0.1) is 0 Å². The number of carbonyl (C=O) groups excluding carboxylic acids is 1. The normalized spacial score (nSPS) is 20.2. The molecule has 3 N–H and O–H groups in total. The summed E-state index contributed by atoms with van der Waals surface area (Å²) in [5, 5.41) is 10.3. The van der Waals surface area contributed by atoms with Crippen molar-refractivity contribution in [3.63, 3.8) is 0 Å². The second-order valence-corrected chi connectivity index (χ2v) is 5.83. The van der Waals surface area contributed by atoms with Crippen molar-refractivity contribution < 1.29 is 14.7 Å². The molecule has 0 aromatic heterocycles. The summed E-state index contributed by atoms with van der Waals surface area (Å²) in [4.78, 5) is 11.0. The highest BCUT2D eigenvalue weighted by Crippen LogP contribution is 2.37. The van der Waals surface area contributed by atoms with E-state index in [4.69, 9.17) is 10.5 Å². The lowest BCUT2D eigenvalue weighted by atomic mass is 9.97. The van der Waals surface area contributed by atoms with Gasteiger partial charge >= 0.3 is 6.03 Å². The van der Waals surface area contributed by atoms with Crippen LogP contribution in [0.1, 0.15) is 30.7 Å². The molecule has 0 saturated heterocycles. The fourth-order valence-corrected chi connectivity index (χ4v) is 3.10. The van der Waals surface area contributed by atoms with Gasteiger partial charge in [-0.25, -0.2) is 9.86 Å². The molecule has 1 aliphatic rings. The van der Waals surface area contributed by atoms with Crippen LogP contribution in [0.2, 0.25) is 0 Å². The molecule has 5 heteroatoms. The molecule has 2 amide bonds. The lowest BCUT2D eigenvalue weighted by molar-refractivity contribution is -0.0730. The van der Waals surface area contributed by atoms with Crippen LogP contribution in [0.4, 0.5) is 4.79 Å². The Labute approximate surface area is 135 Å². The number of carbonyl (C=O) groups is 1. The Kier molecular flexibility index (Phi) is 4.48. The Morgan fingerprint density at radius 2 is 1.70 bits per heavy atom. The first-order valence-electron chi connectivity index (χ1n) is 7.74. The van der Waals surface area contributed by atoms with Crippen molar-refractivity contribution in [2.75, 3.05) is 0 Å². The van der Waals surface area contributed by atoms with Gasteiger partial charge in [0, 0.05) is 0 Å². The zero-order valence-corrected chi connectivity index (χ0v) is 12.8. The minimum absolute atomic E-state index is 0.197. The number of nitrogens with zero attached hydrogens (tertiary/aromatic N) is 1. The van der Waals surface area contributed by atoms with Crippen LogP contribution >= 0.6 is 0 Å². The number of urea groups is 1. The molecule has 5 nitrogen and oxygen atoms in total. The van der Waals surface area contributed by atoms with Gasteiger partial charge in [0.05, 0.1) is 6.04 Å². The van der Waals surface area contributed by atoms with Crippen LogP contribution in [-0.2, 0) is 0 Å². The van der Waals surface area contributed by atoms with Crippen molar-refractivity contribution in [1.29, 1.82) is 0 Å². The zero-order chi connectivity index (χ0) is 16.2. The maximum Gasteiger partial charge on any atom is 0.338 e. The standard InChI is InChI=1S/C18H20N2O3/c19-18(21)20(22)15-9-6-14(12-15)13-7-10-17(11-8-13)23-16-4-2-1-3-5-16/h1-5,7-8,10-11,14-15,22H,6,9,12H2,(H2,19,21). The van der Waals surface area contributed by atoms with Gasteiger partial charge in [-0.3, -0.25) is 5.21 Å². The summed E-state index contributed by atoms with van der Waals surface area (Å²) in [6.07, 6.45) is 2.40. The fraction of sp³-hybridized carbons (Fsp3) is 0.278. The van der Waals surface area contributed by atoms with Gasteiger partial charge < -0.3 is 10.5 Å². The third-order valence-electron chi connectivity index (χ3n) is 4.31. The van der Waals surface area contributed by atoms with Crippen LogP contribution in [-0.4, -0.2) is 22.3 Å². The van der Waals surface area contributed by atoms with E-state index in [1.54, 1.807) is 0 Å². The Hall–Kier alpha value is -2.53. The molecule has 0 spiro atoms. The summed E-state index contributed by atoms with van der Waals surface area (Å²) < 4.78 is 5.78. The number of primary amides is 1. The highest BCUT2D eigenvalue weighted by atomic mass is 16.5. The summed E-state index contributed by atoms with van der Waals surface area (Å²) in [5.41, 5.74) is 6.30. The molecule has 23 heavy (non-hydrogen) atoms. The molecule has 1 saturated carbocycles. The smallest absolute Gasteiger partial charge is 0.338 e. The molecule has 3 rings (SSSR count). The van der Waals surface area contributed by atoms with Crippen LogP contribution < -0.4 is 10.5 Å². The van der Waals surface area contributed by atoms with Crippen molar-refractivity contribution in [1.82, 2.24) is 5.06 Å². The van der Waals surface area contributed by atoms with Crippen LogP contribution in [0.5, 0.6) is 11.5 Å². The molecule has 0 radical (unpaired) electrons. The first-order chi connectivity index (χ1) is 11.1. The molecule has 2 aromatic carbocycles. The molecule has 120 valence electrons. The lowest BCUT2D eigenvalue weighted by Gasteiger charge is -2.20. The minimum atomic E-state index is -0.790. The average molecular weight is 312 g/mol. The lowest BCUT2D eigenvalue weighted by Crippen LogP contribution is -2.39. The van der Waals surface area contributed by atoms with Crippen LogP contribution in [0.3, 0.4) is 0 Å². The number of benzene rings is 2. The summed E-state index contributed by atoms with van der Waals surface area (Å²) in [6, 6.07) is 16.6. The molecular formula is C18H20N2O3. The molecular weight excluding hydrogens is 292 g/mol. The Balaban J connectivity index is 1.63. The maximum atomic E-state index is 11.0. The summed E-state index contributed by atoms with van der Waals surface area (Å²) in [6.45, 7) is 0. The van der Waals surface area contributed by atoms with E-state index in [0.717, 1.165) is 30.8 Å². The van der Waals surface area contributed by atoms with Gasteiger partial charge in [-0.05, 0) is 55.0 Å². The average Bonchev–Trinajstić information content (AvgIpc) is 3.05. The van der Waals surface area contributed by atoms with E-state index in [9.17, 15) is 10.0 Å². The monoisotopic (exact) mass is 312 g/mol. The Bertz CT molecular complexity index is 658. The number of hydrogen-bond donors (Lipinski definition) is 2. The number of rotatable bonds is 4. The highest BCUT2D eigenvalue weighted by Gasteiger charge is 2.31. The summed E-state index contributed by atoms with van der Waals surface area (Å²) >= 11 is 0. The topological polar surface area (TPSA) is 75.8 Å². The number of hydroxylamine groups is 2. The van der Waals surface area contributed by atoms with Crippen molar-refractivity contribution in [3.8, 4) is 11.5 Å². The molecule has 0 heterocycles. The van der Waals surface area contributed by atoms with Crippen LogP contribution in [0.25, 0.3) is 0 Å². The third kappa shape index (κ3) is 3.63. The third-order valence-corrected chi connectivity index (χ3v) is 4.31. The molecule has 1 aliphatic carbocycles. The first kappa shape index (κ1) is 15.4. The molecule has 0 bridgehead atoms. The second-order valence-electron chi connectivity index (χ2n) is 5.83. The van der Waals surface area contributed by atoms with E-state index >= 15 is 0 Å². The summed E-state index contributed by atoms with van der Waals surface area (Å²) in [5.74, 6) is 1.91. The quantitative estimate of drug-likeness (QED) is 0.664. The molecule has 1 fully saturated rings. The predicted molar refractivity (Wildman–Crippen MR) is 86.5 cm³/mol. The van der Waals surface area contributed by atoms with Gasteiger partial charge in [0.1, 0.15) is 11.5 Å². The number of ether oxygens (including phenoxy) is 1. The maximum absolute atomic E-state index is 11.0. The number of para-hydroxylation sites is 1. The molecule has 2 aromatic rings. The van der Waals surface area contributed by atoms with Gasteiger partial charge in [-0.1, -0.05) is 30.3 Å². The van der Waals surface area contributed by atoms with Gasteiger partial charge in [0.15, 0.2) is 0 Å². The SMILES string of the molecule is NC(=O)N(O)C1CCC(c2ccc(Oc3ccccc3)cc2)C1. The van der Waals surface area contributed by atoms with Crippen molar-refractivity contribution in [2.24, 2.45) is 5.73 Å². The minimum Gasteiger partial charge on any atom is -0.457 e. The number of nitrogens with two attached hydrogens (primary N) is 1. The highest BCUT2D eigenvalue weighted by molar-refractivity contribution is 5.71. The van der Waals surface area contributed by atoms with E-state index in [1.165, 1.54) is 5.56 Å². The number of hydrogen-bond acceptors (Lipinski definition) is 3. The first-order valence-corrected chi connectivity index (χ1v) is 7.74. The fourth-order valence-electron chi connectivity index (χ4n) is 3.10. The zero-order valence-electron chi connectivity index (χ0n) is 12.8. The molecule has 0 aliphatic heterocycles. The van der Waals surface area contributed by atoms with Gasteiger partial charge in [0.25, 0.3) is 0 Å². The largest absolute Gasteiger partial charge is 0.457 e. The Morgan fingerprint density at radius 3 is 2.35 bits per heavy atom. The van der Waals surface area contributed by atoms with Crippen LogP contribution in [0, 0.1) is 0 Å². The number of amides is 2. The van der Waals surface area contributed by atoms with E-state index < -0.39 is 6.03 Å². The van der Waals surface area contributed by atoms with Gasteiger partial charge in [-0.2, -0.15) is 0 Å². The van der Waals surface area contributed by atoms with Gasteiger partial charge in [0.2, 0.25) is 0 Å². The van der Waals surface area contributed by atoms with E-state index in [-0.39, 0.29) is 6.04 Å². The van der Waals surface area contributed by atoms with E-state index in [2.05, 4.69) is 0 Å². The molecule has 2 atom stereocenters.